The van der Waals surface area contributed by atoms with Crippen LogP contribution in [0.25, 0.3) is 6.08 Å². The van der Waals surface area contributed by atoms with Crippen LogP contribution < -0.4 is 10.1 Å². The molecule has 1 aliphatic rings. The molecule has 0 aromatic heterocycles. The number of nitrogens with zero attached hydrogens (tertiary/aromatic N) is 2. The Balaban J connectivity index is 1.77. The van der Waals surface area contributed by atoms with E-state index in [0.29, 0.717) is 27.9 Å². The fourth-order valence-corrected chi connectivity index (χ4v) is 3.10. The first-order valence-corrected chi connectivity index (χ1v) is 8.63. The lowest BCUT2D eigenvalue weighted by Gasteiger charge is -2.02. The van der Waals surface area contributed by atoms with Gasteiger partial charge >= 0.3 is 0 Å². The summed E-state index contributed by atoms with van der Waals surface area (Å²) in [6, 6.07) is 13.3. The van der Waals surface area contributed by atoms with Crippen molar-refractivity contribution in [2.24, 2.45) is 4.99 Å². The van der Waals surface area contributed by atoms with Gasteiger partial charge in [0.15, 0.2) is 5.17 Å². The molecule has 1 amide bonds. The van der Waals surface area contributed by atoms with Crippen LogP contribution in [0.1, 0.15) is 12.5 Å². The Morgan fingerprint density at radius 2 is 2.04 bits per heavy atom. The zero-order valence-corrected chi connectivity index (χ0v) is 14.7. The molecule has 3 rings (SSSR count). The fourth-order valence-electron chi connectivity index (χ4n) is 2.26. The minimum atomic E-state index is -0.470. The number of nitro benzene ring substituents is 1. The number of amides is 1. The molecule has 2 aromatic rings. The number of thioether (sulfide) groups is 1. The number of hydrogen-bond donors (Lipinski definition) is 1. The second-order valence-corrected chi connectivity index (χ2v) is 6.29. The van der Waals surface area contributed by atoms with Crippen LogP contribution in [0.3, 0.4) is 0 Å². The van der Waals surface area contributed by atoms with Gasteiger partial charge in [-0.15, -0.1) is 0 Å². The van der Waals surface area contributed by atoms with E-state index in [0.717, 1.165) is 5.75 Å². The summed E-state index contributed by atoms with van der Waals surface area (Å²) in [4.78, 5) is 27.3. The van der Waals surface area contributed by atoms with E-state index in [1.807, 2.05) is 19.1 Å². The third-order valence-corrected chi connectivity index (χ3v) is 4.32. The van der Waals surface area contributed by atoms with E-state index in [-0.39, 0.29) is 11.6 Å². The summed E-state index contributed by atoms with van der Waals surface area (Å²) in [5.74, 6) is 0.469. The van der Waals surface area contributed by atoms with Crippen molar-refractivity contribution >= 4 is 40.3 Å². The highest BCUT2D eigenvalue weighted by molar-refractivity contribution is 8.18. The zero-order valence-electron chi connectivity index (χ0n) is 13.8. The molecule has 26 heavy (non-hydrogen) atoms. The van der Waals surface area contributed by atoms with E-state index in [4.69, 9.17) is 4.74 Å². The van der Waals surface area contributed by atoms with Gasteiger partial charge in [0.25, 0.3) is 11.6 Å². The first-order valence-electron chi connectivity index (χ1n) is 7.82. The maximum Gasteiger partial charge on any atom is 0.270 e. The number of hydrogen-bond acceptors (Lipinski definition) is 6. The first kappa shape index (κ1) is 17.7. The molecular formula is C18H15N3O4S. The lowest BCUT2D eigenvalue weighted by Crippen LogP contribution is -2.19. The van der Waals surface area contributed by atoms with Crippen molar-refractivity contribution in [3.63, 3.8) is 0 Å². The molecule has 1 heterocycles. The number of ether oxygens (including phenoxy) is 1. The predicted octanol–water partition coefficient (Wildman–Crippen LogP) is 3.89. The van der Waals surface area contributed by atoms with Crippen molar-refractivity contribution in [3.05, 3.63) is 69.1 Å². The molecule has 0 saturated carbocycles. The van der Waals surface area contributed by atoms with Crippen molar-refractivity contribution in [1.29, 1.82) is 0 Å². The quantitative estimate of drug-likeness (QED) is 0.490. The molecular weight excluding hydrogens is 354 g/mol. The van der Waals surface area contributed by atoms with Crippen molar-refractivity contribution in [1.82, 2.24) is 5.32 Å². The van der Waals surface area contributed by atoms with Gasteiger partial charge in [0.1, 0.15) is 5.75 Å². The molecule has 1 fully saturated rings. The number of benzene rings is 2. The summed E-state index contributed by atoms with van der Waals surface area (Å²) in [6.07, 6.45) is 1.60. The highest BCUT2D eigenvalue weighted by Gasteiger charge is 2.24. The largest absolute Gasteiger partial charge is 0.494 e. The average Bonchev–Trinajstić information content (AvgIpc) is 2.96. The normalized spacial score (nSPS) is 16.7. The molecule has 0 unspecified atom stereocenters. The van der Waals surface area contributed by atoms with Gasteiger partial charge in [-0.1, -0.05) is 12.1 Å². The van der Waals surface area contributed by atoms with Crippen molar-refractivity contribution in [2.45, 2.75) is 6.92 Å². The van der Waals surface area contributed by atoms with E-state index in [1.54, 1.807) is 30.3 Å². The summed E-state index contributed by atoms with van der Waals surface area (Å²) in [5, 5.41) is 14.0. The molecule has 0 atom stereocenters. The third kappa shape index (κ3) is 4.28. The number of carbonyl (C=O) groups excluding carboxylic acids is 1. The summed E-state index contributed by atoms with van der Waals surface area (Å²) in [6.45, 7) is 2.50. The summed E-state index contributed by atoms with van der Waals surface area (Å²) in [5.41, 5.74) is 1.25. The van der Waals surface area contributed by atoms with Crippen molar-refractivity contribution in [2.75, 3.05) is 6.61 Å². The van der Waals surface area contributed by atoms with Crippen LogP contribution in [0.4, 0.5) is 11.4 Å². The number of aliphatic imine (C=N–C) groups is 1. The molecule has 1 aliphatic heterocycles. The Morgan fingerprint density at radius 3 is 2.73 bits per heavy atom. The lowest BCUT2D eigenvalue weighted by molar-refractivity contribution is -0.384. The molecule has 8 heteroatoms. The van der Waals surface area contributed by atoms with E-state index in [1.165, 1.54) is 23.9 Å². The molecule has 132 valence electrons. The van der Waals surface area contributed by atoms with Gasteiger partial charge in [0.05, 0.1) is 22.1 Å². The molecule has 0 aliphatic carbocycles. The first-order chi connectivity index (χ1) is 12.5. The van der Waals surface area contributed by atoms with Gasteiger partial charge in [0, 0.05) is 12.1 Å². The number of rotatable bonds is 5. The number of nitrogens with one attached hydrogen (secondary N) is 1. The third-order valence-electron chi connectivity index (χ3n) is 3.41. The molecule has 0 bridgehead atoms. The van der Waals surface area contributed by atoms with Crippen LogP contribution in [-0.4, -0.2) is 22.6 Å². The predicted molar refractivity (Wildman–Crippen MR) is 102 cm³/mol. The molecule has 2 aromatic carbocycles. The Bertz CT molecular complexity index is 907. The van der Waals surface area contributed by atoms with Gasteiger partial charge in [-0.25, -0.2) is 4.99 Å². The Hall–Kier alpha value is -3.13. The average molecular weight is 369 g/mol. The second-order valence-electron chi connectivity index (χ2n) is 5.26. The van der Waals surface area contributed by atoms with Gasteiger partial charge < -0.3 is 10.1 Å². The van der Waals surface area contributed by atoms with Crippen LogP contribution in [0.15, 0.2) is 58.4 Å². The Labute approximate surface area is 153 Å². The van der Waals surface area contributed by atoms with Crippen LogP contribution in [0, 0.1) is 10.1 Å². The number of amidine groups is 1. The topological polar surface area (TPSA) is 93.8 Å². The van der Waals surface area contributed by atoms with Crippen LogP contribution in [-0.2, 0) is 4.79 Å². The van der Waals surface area contributed by atoms with Gasteiger partial charge in [0.2, 0.25) is 0 Å². The van der Waals surface area contributed by atoms with Crippen molar-refractivity contribution in [3.8, 4) is 5.75 Å². The zero-order chi connectivity index (χ0) is 18.5. The standard InChI is InChI=1S/C18H15N3O4S/c1-2-25-15-8-6-13(7-9-15)19-18-20-17(22)16(26-18)11-12-4-3-5-14(10-12)21(23)24/h3-11H,2H2,1H3,(H,19,20,22). The van der Waals surface area contributed by atoms with Crippen LogP contribution in [0.5, 0.6) is 5.75 Å². The Kier molecular flexibility index (Phi) is 5.33. The summed E-state index contributed by atoms with van der Waals surface area (Å²) >= 11 is 1.19. The highest BCUT2D eigenvalue weighted by atomic mass is 32.2. The number of nitro groups is 1. The second kappa shape index (κ2) is 7.83. The smallest absolute Gasteiger partial charge is 0.270 e. The molecule has 1 N–H and O–H groups in total. The van der Waals surface area contributed by atoms with Gasteiger partial charge in [-0.05, 0) is 54.6 Å². The lowest BCUT2D eigenvalue weighted by atomic mass is 10.2. The molecule has 1 saturated heterocycles. The monoisotopic (exact) mass is 369 g/mol. The molecule has 7 nitrogen and oxygen atoms in total. The van der Waals surface area contributed by atoms with E-state index < -0.39 is 4.92 Å². The fraction of sp³-hybridized carbons (Fsp3) is 0.111. The maximum absolute atomic E-state index is 12.1. The molecule has 0 spiro atoms. The van der Waals surface area contributed by atoms with Gasteiger partial charge in [-0.3, -0.25) is 14.9 Å². The summed E-state index contributed by atoms with van der Waals surface area (Å²) in [7, 11) is 0. The Morgan fingerprint density at radius 1 is 1.27 bits per heavy atom. The SMILES string of the molecule is CCOc1ccc(N=C2NC(=O)C(=Cc3cccc([N+](=O)[O-])c3)S2)cc1. The van der Waals surface area contributed by atoms with Crippen LogP contribution in [0.2, 0.25) is 0 Å². The summed E-state index contributed by atoms with van der Waals surface area (Å²) < 4.78 is 5.38. The van der Waals surface area contributed by atoms with E-state index in [9.17, 15) is 14.9 Å². The minimum absolute atomic E-state index is 0.0222. The van der Waals surface area contributed by atoms with Gasteiger partial charge in [-0.2, -0.15) is 0 Å². The van der Waals surface area contributed by atoms with E-state index >= 15 is 0 Å². The van der Waals surface area contributed by atoms with E-state index in [2.05, 4.69) is 10.3 Å². The highest BCUT2D eigenvalue weighted by Crippen LogP contribution is 2.29. The maximum atomic E-state index is 12.1. The molecule has 0 radical (unpaired) electrons. The number of carbonyl (C=O) groups is 1. The van der Waals surface area contributed by atoms with Crippen LogP contribution >= 0.6 is 11.8 Å². The minimum Gasteiger partial charge on any atom is -0.494 e. The number of non-ortho nitro benzene ring substituents is 1. The van der Waals surface area contributed by atoms with Crippen molar-refractivity contribution < 1.29 is 14.5 Å².